The summed E-state index contributed by atoms with van der Waals surface area (Å²) < 4.78 is 46.1. The summed E-state index contributed by atoms with van der Waals surface area (Å²) in [5.74, 6) is -0.434. The van der Waals surface area contributed by atoms with Gasteiger partial charge in [-0.05, 0) is 46.0 Å². The maximum atomic E-state index is 12.3. The van der Waals surface area contributed by atoms with Crippen LogP contribution in [0.2, 0.25) is 5.02 Å². The van der Waals surface area contributed by atoms with Crippen LogP contribution in [-0.4, -0.2) is 25.6 Å². The fourth-order valence-electron chi connectivity index (χ4n) is 3.82. The maximum absolute atomic E-state index is 12.3. The maximum Gasteiger partial charge on any atom is 0.573 e. The molecule has 1 amide bonds. The number of carbonyl (C=O) groups excluding carboxylic acids is 1. The summed E-state index contributed by atoms with van der Waals surface area (Å²) in [4.78, 5) is 12.2. The van der Waals surface area contributed by atoms with Crippen LogP contribution in [0.4, 0.5) is 18.0 Å². The van der Waals surface area contributed by atoms with Crippen LogP contribution in [0.5, 0.6) is 5.75 Å². The molecule has 1 aliphatic rings. The topological polar surface area (TPSA) is 47.6 Å². The first-order chi connectivity index (χ1) is 15.8. The predicted molar refractivity (Wildman–Crippen MR) is 120 cm³/mol. The van der Waals surface area contributed by atoms with Crippen molar-refractivity contribution < 1.29 is 27.4 Å². The highest BCUT2D eigenvalue weighted by Gasteiger charge is 2.31. The lowest BCUT2D eigenvalue weighted by Crippen LogP contribution is -2.26. The van der Waals surface area contributed by atoms with Crippen LogP contribution in [-0.2, 0) is 4.74 Å². The van der Waals surface area contributed by atoms with Gasteiger partial charge in [0.15, 0.2) is 0 Å². The highest BCUT2D eigenvalue weighted by Crippen LogP contribution is 2.44. The Morgan fingerprint density at radius 1 is 1.00 bits per heavy atom. The summed E-state index contributed by atoms with van der Waals surface area (Å²) >= 11 is 5.99. The van der Waals surface area contributed by atoms with Gasteiger partial charge in [0, 0.05) is 12.5 Å². The fraction of sp³-hybridized carbons (Fsp3) is 0.160. The summed E-state index contributed by atoms with van der Waals surface area (Å²) in [7, 11) is 0. The van der Waals surface area contributed by atoms with E-state index in [2.05, 4.69) is 22.2 Å². The molecule has 8 heteroatoms. The summed E-state index contributed by atoms with van der Waals surface area (Å²) in [5.41, 5.74) is 5.03. The standard InChI is InChI=1S/C25H19ClF3NO3/c26-23-14-17(33-25(27,28)29)12-11-16(23)6-5-13-30-24(31)32-15-22-20-9-3-1-7-18(20)19-8-2-4-10-21(19)22/h1-12,14,22H,13,15H2,(H,30,31). The minimum atomic E-state index is -4.78. The first-order valence-electron chi connectivity index (χ1n) is 10.1. The SMILES string of the molecule is O=C(NCC=Cc1ccc(OC(F)(F)F)cc1Cl)OCC1c2ccccc2-c2ccccc21. The molecule has 0 bridgehead atoms. The third-order valence-electron chi connectivity index (χ3n) is 5.21. The summed E-state index contributed by atoms with van der Waals surface area (Å²) in [6, 6.07) is 19.8. The van der Waals surface area contributed by atoms with E-state index in [1.54, 1.807) is 12.2 Å². The van der Waals surface area contributed by atoms with Crippen LogP contribution in [0.1, 0.15) is 22.6 Å². The van der Waals surface area contributed by atoms with Crippen LogP contribution in [0.25, 0.3) is 17.2 Å². The number of benzene rings is 3. The molecule has 0 fully saturated rings. The van der Waals surface area contributed by atoms with Crippen molar-refractivity contribution >= 4 is 23.8 Å². The van der Waals surface area contributed by atoms with Crippen molar-refractivity contribution in [3.05, 3.63) is 94.5 Å². The zero-order chi connectivity index (χ0) is 23.4. The number of carbonyl (C=O) groups is 1. The van der Waals surface area contributed by atoms with Crippen LogP contribution in [0, 0.1) is 0 Å². The van der Waals surface area contributed by atoms with Crippen molar-refractivity contribution in [2.75, 3.05) is 13.2 Å². The molecule has 0 unspecified atom stereocenters. The van der Waals surface area contributed by atoms with Crippen LogP contribution in [0.15, 0.2) is 72.8 Å². The number of hydrogen-bond acceptors (Lipinski definition) is 3. The molecule has 4 nitrogen and oxygen atoms in total. The fourth-order valence-corrected chi connectivity index (χ4v) is 4.05. The highest BCUT2D eigenvalue weighted by atomic mass is 35.5. The van der Waals surface area contributed by atoms with Gasteiger partial charge in [0.2, 0.25) is 0 Å². The Kier molecular flexibility index (Phi) is 6.60. The first-order valence-corrected chi connectivity index (χ1v) is 10.5. The normalized spacial score (nSPS) is 13.0. The van der Waals surface area contributed by atoms with Gasteiger partial charge >= 0.3 is 12.5 Å². The lowest BCUT2D eigenvalue weighted by atomic mass is 9.98. The number of rotatable bonds is 6. The molecule has 3 aromatic carbocycles. The molecular formula is C25H19ClF3NO3. The molecule has 0 saturated heterocycles. The minimum absolute atomic E-state index is 0.0325. The smallest absolute Gasteiger partial charge is 0.449 e. The van der Waals surface area contributed by atoms with E-state index in [-0.39, 0.29) is 24.1 Å². The average molecular weight is 474 g/mol. The van der Waals surface area contributed by atoms with E-state index >= 15 is 0 Å². The number of nitrogens with one attached hydrogen (secondary N) is 1. The molecule has 0 heterocycles. The van der Waals surface area contributed by atoms with Gasteiger partial charge in [0.1, 0.15) is 12.4 Å². The van der Waals surface area contributed by atoms with Crippen LogP contribution >= 0.6 is 11.6 Å². The molecular weight excluding hydrogens is 455 g/mol. The number of amides is 1. The van der Waals surface area contributed by atoms with Gasteiger partial charge in [-0.15, -0.1) is 13.2 Å². The van der Waals surface area contributed by atoms with E-state index in [0.29, 0.717) is 5.56 Å². The number of alkyl carbamates (subject to hydrolysis) is 1. The van der Waals surface area contributed by atoms with Gasteiger partial charge < -0.3 is 14.8 Å². The van der Waals surface area contributed by atoms with Gasteiger partial charge in [-0.2, -0.15) is 0 Å². The molecule has 4 rings (SSSR count). The summed E-state index contributed by atoms with van der Waals surface area (Å²) in [6.45, 7) is 0.365. The molecule has 0 saturated carbocycles. The van der Waals surface area contributed by atoms with Gasteiger partial charge in [0.05, 0.1) is 5.02 Å². The second-order valence-corrected chi connectivity index (χ2v) is 7.75. The lowest BCUT2D eigenvalue weighted by molar-refractivity contribution is -0.274. The Bertz CT molecular complexity index is 1150. The van der Waals surface area contributed by atoms with Crippen molar-refractivity contribution in [2.24, 2.45) is 0 Å². The Hall–Kier alpha value is -3.45. The van der Waals surface area contributed by atoms with Gasteiger partial charge in [-0.3, -0.25) is 0 Å². The third-order valence-corrected chi connectivity index (χ3v) is 5.54. The first kappa shape index (κ1) is 22.7. The number of ether oxygens (including phenoxy) is 2. The van der Waals surface area contributed by atoms with E-state index in [4.69, 9.17) is 16.3 Å². The number of alkyl halides is 3. The van der Waals surface area contributed by atoms with Gasteiger partial charge in [-0.25, -0.2) is 4.79 Å². The zero-order valence-corrected chi connectivity index (χ0v) is 18.0. The van der Waals surface area contributed by atoms with Crippen LogP contribution in [0.3, 0.4) is 0 Å². The third kappa shape index (κ3) is 5.49. The van der Waals surface area contributed by atoms with E-state index in [0.717, 1.165) is 34.4 Å². The molecule has 170 valence electrons. The Balaban J connectivity index is 1.30. The van der Waals surface area contributed by atoms with E-state index < -0.39 is 18.2 Å². The van der Waals surface area contributed by atoms with Crippen molar-refractivity contribution in [3.63, 3.8) is 0 Å². The van der Waals surface area contributed by atoms with Crippen molar-refractivity contribution in [3.8, 4) is 16.9 Å². The number of halogens is 4. The molecule has 0 spiro atoms. The van der Waals surface area contributed by atoms with Gasteiger partial charge in [0.25, 0.3) is 0 Å². The molecule has 1 N–H and O–H groups in total. The zero-order valence-electron chi connectivity index (χ0n) is 17.2. The Labute approximate surface area is 193 Å². The van der Waals surface area contributed by atoms with E-state index in [1.807, 2.05) is 36.4 Å². The van der Waals surface area contributed by atoms with E-state index in [1.165, 1.54) is 6.07 Å². The number of hydrogen-bond donors (Lipinski definition) is 1. The van der Waals surface area contributed by atoms with Crippen molar-refractivity contribution in [1.82, 2.24) is 5.32 Å². The molecule has 0 aliphatic heterocycles. The lowest BCUT2D eigenvalue weighted by Gasteiger charge is -2.14. The molecule has 33 heavy (non-hydrogen) atoms. The van der Waals surface area contributed by atoms with Crippen molar-refractivity contribution in [2.45, 2.75) is 12.3 Å². The molecule has 0 aromatic heterocycles. The minimum Gasteiger partial charge on any atom is -0.449 e. The predicted octanol–water partition coefficient (Wildman–Crippen LogP) is 6.79. The molecule has 0 radical (unpaired) electrons. The molecule has 3 aromatic rings. The van der Waals surface area contributed by atoms with E-state index in [9.17, 15) is 18.0 Å². The monoisotopic (exact) mass is 473 g/mol. The average Bonchev–Trinajstić information content (AvgIpc) is 3.09. The summed E-state index contributed by atoms with van der Waals surface area (Å²) in [6.07, 6.45) is -2.15. The Morgan fingerprint density at radius 3 is 2.24 bits per heavy atom. The summed E-state index contributed by atoms with van der Waals surface area (Å²) in [5, 5.41) is 2.71. The second kappa shape index (κ2) is 9.58. The Morgan fingerprint density at radius 2 is 1.64 bits per heavy atom. The number of fused-ring (bicyclic) bond motifs is 3. The van der Waals surface area contributed by atoms with Crippen LogP contribution < -0.4 is 10.1 Å². The second-order valence-electron chi connectivity index (χ2n) is 7.34. The van der Waals surface area contributed by atoms with Crippen molar-refractivity contribution in [1.29, 1.82) is 0 Å². The highest BCUT2D eigenvalue weighted by molar-refractivity contribution is 6.32. The quantitative estimate of drug-likeness (QED) is 0.428. The molecule has 0 atom stereocenters. The molecule has 1 aliphatic carbocycles. The largest absolute Gasteiger partial charge is 0.573 e. The van der Waals surface area contributed by atoms with Gasteiger partial charge in [-0.1, -0.05) is 72.3 Å².